The van der Waals surface area contributed by atoms with Crippen LogP contribution in [0.4, 0.5) is 0 Å². The Morgan fingerprint density at radius 1 is 1.24 bits per heavy atom. The number of nitrogens with one attached hydrogen (secondary N) is 1. The fourth-order valence-electron chi connectivity index (χ4n) is 4.38. The highest BCUT2D eigenvalue weighted by Gasteiger charge is 2.45. The molecule has 1 spiro atoms. The molecule has 6 heteroatoms. The van der Waals surface area contributed by atoms with E-state index in [1.54, 1.807) is 6.20 Å². The molecule has 2 aromatic rings. The van der Waals surface area contributed by atoms with Gasteiger partial charge in [0.1, 0.15) is 11.4 Å². The zero-order chi connectivity index (χ0) is 19.9. The molecule has 2 aliphatic rings. The van der Waals surface area contributed by atoms with Crippen molar-refractivity contribution < 1.29 is 14.3 Å². The summed E-state index contributed by atoms with van der Waals surface area (Å²) in [5.41, 5.74) is 0.842. The zero-order valence-electron chi connectivity index (χ0n) is 16.8. The van der Waals surface area contributed by atoms with Crippen LogP contribution in [0.2, 0.25) is 0 Å². The third kappa shape index (κ3) is 4.95. The topological polar surface area (TPSA) is 63.7 Å². The molecule has 29 heavy (non-hydrogen) atoms. The normalized spacial score (nSPS) is 24.4. The molecule has 1 amide bonds. The number of hydrogen-bond donors (Lipinski definition) is 1. The molecule has 6 nitrogen and oxygen atoms in total. The number of rotatable bonds is 6. The van der Waals surface area contributed by atoms with Crippen LogP contribution < -0.4 is 10.1 Å². The van der Waals surface area contributed by atoms with E-state index in [9.17, 15) is 4.79 Å². The predicted molar refractivity (Wildman–Crippen MR) is 111 cm³/mol. The number of amides is 1. The van der Waals surface area contributed by atoms with Crippen LogP contribution in [0.1, 0.15) is 31.2 Å². The molecule has 2 atom stereocenters. The molecule has 1 N–H and O–H groups in total. The van der Waals surface area contributed by atoms with E-state index < -0.39 is 0 Å². The minimum atomic E-state index is -0.318. The van der Waals surface area contributed by atoms with Crippen LogP contribution in [0.5, 0.6) is 5.75 Å². The lowest BCUT2D eigenvalue weighted by molar-refractivity contribution is -0.164. The second-order valence-corrected chi connectivity index (χ2v) is 7.87. The lowest BCUT2D eigenvalue weighted by atomic mass is 9.78. The van der Waals surface area contributed by atoms with Crippen molar-refractivity contribution in [1.29, 1.82) is 0 Å². The summed E-state index contributed by atoms with van der Waals surface area (Å²) < 4.78 is 12.0. The summed E-state index contributed by atoms with van der Waals surface area (Å²) in [7, 11) is 0. The summed E-state index contributed by atoms with van der Waals surface area (Å²) in [4.78, 5) is 18.9. The van der Waals surface area contributed by atoms with Gasteiger partial charge < -0.3 is 19.7 Å². The molecule has 154 valence electrons. The number of benzene rings is 1. The van der Waals surface area contributed by atoms with Gasteiger partial charge in [-0.25, -0.2) is 0 Å². The molecule has 2 fully saturated rings. The van der Waals surface area contributed by atoms with Crippen LogP contribution >= 0.6 is 0 Å². The Hall–Kier alpha value is -2.44. The molecular formula is C23H29N3O3. The first-order chi connectivity index (χ1) is 14.3. The quantitative estimate of drug-likeness (QED) is 0.815. The lowest BCUT2D eigenvalue weighted by Gasteiger charge is -2.49. The molecule has 4 rings (SSSR count). The van der Waals surface area contributed by atoms with Gasteiger partial charge in [-0.1, -0.05) is 37.1 Å². The second-order valence-electron chi connectivity index (χ2n) is 7.87. The van der Waals surface area contributed by atoms with E-state index in [1.165, 1.54) is 6.42 Å². The van der Waals surface area contributed by atoms with Crippen molar-refractivity contribution in [3.8, 4) is 5.75 Å². The maximum atomic E-state index is 12.8. The highest BCUT2D eigenvalue weighted by Crippen LogP contribution is 2.35. The molecule has 1 aliphatic carbocycles. The first-order valence-corrected chi connectivity index (χ1v) is 10.5. The number of aromatic nitrogens is 1. The third-order valence-electron chi connectivity index (χ3n) is 5.92. The summed E-state index contributed by atoms with van der Waals surface area (Å²) in [6, 6.07) is 13.7. The Bertz CT molecular complexity index is 782. The van der Waals surface area contributed by atoms with Crippen molar-refractivity contribution in [3.63, 3.8) is 0 Å². The SMILES string of the molecule is O=C(COc1ccccc1)N1CCO[C@]2(CCCC[C@H]2NCc2cccnc2)C1. The lowest BCUT2D eigenvalue weighted by Crippen LogP contribution is -2.64. The summed E-state index contributed by atoms with van der Waals surface area (Å²) in [5, 5.41) is 3.68. The van der Waals surface area contributed by atoms with Crippen LogP contribution in [-0.4, -0.2) is 53.7 Å². The maximum Gasteiger partial charge on any atom is 0.260 e. The van der Waals surface area contributed by atoms with Crippen LogP contribution in [0, 0.1) is 0 Å². The molecule has 0 radical (unpaired) electrons. The summed E-state index contributed by atoms with van der Waals surface area (Å²) in [6.45, 7) is 2.63. The van der Waals surface area contributed by atoms with E-state index in [4.69, 9.17) is 9.47 Å². The van der Waals surface area contributed by atoms with Crippen molar-refractivity contribution in [2.75, 3.05) is 26.3 Å². The number of hydrogen-bond acceptors (Lipinski definition) is 5. The van der Waals surface area contributed by atoms with E-state index >= 15 is 0 Å². The van der Waals surface area contributed by atoms with Crippen LogP contribution in [0.25, 0.3) is 0 Å². The van der Waals surface area contributed by atoms with Crippen molar-refractivity contribution >= 4 is 5.91 Å². The highest BCUT2D eigenvalue weighted by atomic mass is 16.5. The molecule has 1 aliphatic heterocycles. The van der Waals surface area contributed by atoms with Crippen molar-refractivity contribution in [2.24, 2.45) is 0 Å². The fourth-order valence-corrected chi connectivity index (χ4v) is 4.38. The highest BCUT2D eigenvalue weighted by molar-refractivity contribution is 5.78. The number of ether oxygens (including phenoxy) is 2. The molecule has 1 aromatic carbocycles. The Morgan fingerprint density at radius 3 is 2.97 bits per heavy atom. The van der Waals surface area contributed by atoms with Crippen LogP contribution in [0.15, 0.2) is 54.9 Å². The molecule has 1 saturated carbocycles. The van der Waals surface area contributed by atoms with E-state index in [-0.39, 0.29) is 24.2 Å². The predicted octanol–water partition coefficient (Wildman–Crippen LogP) is 2.79. The molecule has 1 saturated heterocycles. The standard InChI is InChI=1S/C23H29N3O3/c27-22(17-28-20-8-2-1-3-9-20)26-13-14-29-23(18-26)11-5-4-10-21(23)25-16-19-7-6-12-24-15-19/h1-3,6-9,12,15,21,25H,4-5,10-11,13-14,16-18H2/t21-,23-/m1/s1. The smallest absolute Gasteiger partial charge is 0.260 e. The first kappa shape index (κ1) is 19.9. The van der Waals surface area contributed by atoms with Gasteiger partial charge in [-0.3, -0.25) is 9.78 Å². The van der Waals surface area contributed by atoms with Gasteiger partial charge in [-0.05, 0) is 36.6 Å². The average Bonchev–Trinajstić information content (AvgIpc) is 2.78. The summed E-state index contributed by atoms with van der Waals surface area (Å²) in [6.07, 6.45) is 8.02. The molecule has 0 bridgehead atoms. The van der Waals surface area contributed by atoms with Crippen LogP contribution in [0.3, 0.4) is 0 Å². The van der Waals surface area contributed by atoms with Gasteiger partial charge in [0.15, 0.2) is 6.61 Å². The minimum absolute atomic E-state index is 0.0214. The number of carbonyl (C=O) groups excluding carboxylic acids is 1. The number of nitrogens with zero attached hydrogens (tertiary/aromatic N) is 2. The van der Waals surface area contributed by atoms with Crippen molar-refractivity contribution in [2.45, 2.75) is 43.9 Å². The monoisotopic (exact) mass is 395 g/mol. The van der Waals surface area contributed by atoms with E-state index in [2.05, 4.69) is 16.4 Å². The maximum absolute atomic E-state index is 12.8. The van der Waals surface area contributed by atoms with E-state index in [0.717, 1.165) is 37.1 Å². The minimum Gasteiger partial charge on any atom is -0.484 e. The van der Waals surface area contributed by atoms with Gasteiger partial charge in [-0.2, -0.15) is 0 Å². The van der Waals surface area contributed by atoms with Crippen LogP contribution in [-0.2, 0) is 16.1 Å². The van der Waals surface area contributed by atoms with Crippen molar-refractivity contribution in [3.05, 3.63) is 60.4 Å². The average molecular weight is 396 g/mol. The molecular weight excluding hydrogens is 366 g/mol. The van der Waals surface area contributed by atoms with Crippen molar-refractivity contribution in [1.82, 2.24) is 15.2 Å². The fraction of sp³-hybridized carbons (Fsp3) is 0.478. The van der Waals surface area contributed by atoms with Gasteiger partial charge in [0.05, 0.1) is 13.2 Å². The Labute approximate surface area is 172 Å². The zero-order valence-corrected chi connectivity index (χ0v) is 16.8. The van der Waals surface area contributed by atoms with E-state index in [0.29, 0.717) is 19.7 Å². The van der Waals surface area contributed by atoms with Gasteiger partial charge in [0.2, 0.25) is 0 Å². The number of para-hydroxylation sites is 1. The second kappa shape index (κ2) is 9.37. The molecule has 2 heterocycles. The summed E-state index contributed by atoms with van der Waals surface area (Å²) in [5.74, 6) is 0.741. The Morgan fingerprint density at radius 2 is 2.14 bits per heavy atom. The summed E-state index contributed by atoms with van der Waals surface area (Å²) >= 11 is 0. The largest absolute Gasteiger partial charge is 0.484 e. The molecule has 1 aromatic heterocycles. The first-order valence-electron chi connectivity index (χ1n) is 10.5. The van der Waals surface area contributed by atoms with Gasteiger partial charge in [-0.15, -0.1) is 0 Å². The van der Waals surface area contributed by atoms with Gasteiger partial charge in [0, 0.05) is 31.5 Å². The molecule has 0 unspecified atom stereocenters. The Balaban J connectivity index is 1.38. The van der Waals surface area contributed by atoms with Gasteiger partial charge >= 0.3 is 0 Å². The number of carbonyl (C=O) groups is 1. The number of morpholine rings is 1. The third-order valence-corrected chi connectivity index (χ3v) is 5.92. The number of pyridine rings is 1. The van der Waals surface area contributed by atoms with E-state index in [1.807, 2.05) is 47.5 Å². The Kier molecular flexibility index (Phi) is 6.42. The van der Waals surface area contributed by atoms with Gasteiger partial charge in [0.25, 0.3) is 5.91 Å².